The molecule has 2 atom stereocenters. The normalized spacial score (nSPS) is 22.3. The third-order valence-electron chi connectivity index (χ3n) is 3.97. The molecule has 1 aromatic rings. The van der Waals surface area contributed by atoms with Gasteiger partial charge in [-0.3, -0.25) is 9.59 Å². The molecule has 4 heteroatoms. The van der Waals surface area contributed by atoms with Gasteiger partial charge in [0.1, 0.15) is 0 Å². The maximum Gasteiger partial charge on any atom is 0.224 e. The molecule has 0 aliphatic heterocycles. The summed E-state index contributed by atoms with van der Waals surface area (Å²) in [5.41, 5.74) is 7.34. The van der Waals surface area contributed by atoms with Gasteiger partial charge in [-0.05, 0) is 37.8 Å². The van der Waals surface area contributed by atoms with Crippen LogP contribution in [-0.2, 0) is 4.79 Å². The van der Waals surface area contributed by atoms with Crippen molar-refractivity contribution in [2.45, 2.75) is 45.1 Å². The highest BCUT2D eigenvalue weighted by atomic mass is 16.1. The van der Waals surface area contributed by atoms with E-state index in [9.17, 15) is 9.59 Å². The smallest absolute Gasteiger partial charge is 0.224 e. The third-order valence-corrected chi connectivity index (χ3v) is 3.97. The molecule has 0 heterocycles. The van der Waals surface area contributed by atoms with Crippen LogP contribution in [0.3, 0.4) is 0 Å². The van der Waals surface area contributed by atoms with Gasteiger partial charge in [-0.25, -0.2) is 0 Å². The number of rotatable bonds is 4. The van der Waals surface area contributed by atoms with Crippen LogP contribution in [0.2, 0.25) is 0 Å². The first-order valence-electron chi connectivity index (χ1n) is 7.22. The fraction of sp³-hybridized carbons (Fsp3) is 0.500. The Bertz CT molecular complexity index is 499. The summed E-state index contributed by atoms with van der Waals surface area (Å²) in [6, 6.07) is 7.16. The Hall–Kier alpha value is -1.68. The topological polar surface area (TPSA) is 72.2 Å². The van der Waals surface area contributed by atoms with Crippen LogP contribution >= 0.6 is 0 Å². The molecule has 1 aromatic carbocycles. The monoisotopic (exact) mass is 274 g/mol. The summed E-state index contributed by atoms with van der Waals surface area (Å²) in [5.74, 6) is 0.253. The van der Waals surface area contributed by atoms with E-state index in [1.807, 2.05) is 0 Å². The van der Waals surface area contributed by atoms with Crippen molar-refractivity contribution in [3.8, 4) is 0 Å². The van der Waals surface area contributed by atoms with Crippen molar-refractivity contribution >= 4 is 17.4 Å². The van der Waals surface area contributed by atoms with Crippen LogP contribution in [0.1, 0.15) is 49.4 Å². The summed E-state index contributed by atoms with van der Waals surface area (Å²) < 4.78 is 0. The Labute approximate surface area is 119 Å². The minimum Gasteiger partial charge on any atom is -0.327 e. The van der Waals surface area contributed by atoms with Crippen molar-refractivity contribution < 1.29 is 9.59 Å². The first-order chi connectivity index (χ1) is 9.56. The van der Waals surface area contributed by atoms with E-state index in [1.165, 1.54) is 13.3 Å². The van der Waals surface area contributed by atoms with E-state index in [0.717, 1.165) is 19.3 Å². The van der Waals surface area contributed by atoms with E-state index in [-0.39, 0.29) is 23.7 Å². The molecule has 0 aromatic heterocycles. The molecule has 0 radical (unpaired) electrons. The number of hydrogen-bond acceptors (Lipinski definition) is 3. The number of ketones is 1. The number of carbonyl (C=O) groups is 2. The van der Waals surface area contributed by atoms with Crippen LogP contribution in [0.25, 0.3) is 0 Å². The molecular formula is C16H22N2O2. The number of Topliss-reactive ketones (excluding diaryl/α,β-unsaturated/α-hetero) is 1. The Morgan fingerprint density at radius 1 is 1.30 bits per heavy atom. The van der Waals surface area contributed by atoms with Crippen LogP contribution < -0.4 is 11.1 Å². The largest absolute Gasteiger partial charge is 0.327 e. The van der Waals surface area contributed by atoms with Crippen LogP contribution in [0, 0.1) is 5.92 Å². The van der Waals surface area contributed by atoms with Gasteiger partial charge in [0.2, 0.25) is 5.91 Å². The Kier molecular flexibility index (Phi) is 4.90. The molecule has 0 bridgehead atoms. The second-order valence-corrected chi connectivity index (χ2v) is 5.60. The fourth-order valence-corrected chi connectivity index (χ4v) is 2.76. The standard InChI is InChI=1S/C16H22N2O2/c1-11(19)12-6-4-7-14(9-12)18-16(20)10-13-5-2-3-8-15(13)17/h4,6-7,9,13,15H,2-3,5,8,10,17H2,1H3,(H,18,20). The molecule has 4 nitrogen and oxygen atoms in total. The summed E-state index contributed by atoms with van der Waals surface area (Å²) in [7, 11) is 0. The average Bonchev–Trinajstić information content (AvgIpc) is 2.41. The highest BCUT2D eigenvalue weighted by Gasteiger charge is 2.24. The van der Waals surface area contributed by atoms with Gasteiger partial charge >= 0.3 is 0 Å². The SMILES string of the molecule is CC(=O)c1cccc(NC(=O)CC2CCCCC2N)c1. The molecule has 1 aliphatic rings. The minimum atomic E-state index is -0.0203. The summed E-state index contributed by atoms with van der Waals surface area (Å²) in [6.45, 7) is 1.52. The van der Waals surface area contributed by atoms with Crippen molar-refractivity contribution in [1.29, 1.82) is 0 Å². The average molecular weight is 274 g/mol. The number of benzene rings is 1. The highest BCUT2D eigenvalue weighted by molar-refractivity contribution is 5.97. The first kappa shape index (κ1) is 14.7. The van der Waals surface area contributed by atoms with Crippen molar-refractivity contribution in [3.63, 3.8) is 0 Å². The van der Waals surface area contributed by atoms with Crippen LogP contribution in [0.4, 0.5) is 5.69 Å². The lowest BCUT2D eigenvalue weighted by molar-refractivity contribution is -0.117. The van der Waals surface area contributed by atoms with Gasteiger partial charge in [-0.15, -0.1) is 0 Å². The number of amides is 1. The van der Waals surface area contributed by atoms with Gasteiger partial charge in [-0.2, -0.15) is 0 Å². The zero-order chi connectivity index (χ0) is 14.5. The minimum absolute atomic E-state index is 0.00426. The first-order valence-corrected chi connectivity index (χ1v) is 7.22. The van der Waals surface area contributed by atoms with Gasteiger partial charge < -0.3 is 11.1 Å². The summed E-state index contributed by atoms with van der Waals surface area (Å²) >= 11 is 0. The lowest BCUT2D eigenvalue weighted by Crippen LogP contribution is -2.35. The molecule has 0 spiro atoms. The van der Waals surface area contributed by atoms with Crippen molar-refractivity contribution in [1.82, 2.24) is 0 Å². The molecule has 1 aliphatic carbocycles. The summed E-state index contributed by atoms with van der Waals surface area (Å²) in [5, 5.41) is 2.86. The molecule has 20 heavy (non-hydrogen) atoms. The Morgan fingerprint density at radius 2 is 2.05 bits per heavy atom. The Morgan fingerprint density at radius 3 is 2.75 bits per heavy atom. The lowest BCUT2D eigenvalue weighted by atomic mass is 9.83. The molecule has 2 rings (SSSR count). The van der Waals surface area contributed by atoms with E-state index in [0.29, 0.717) is 17.7 Å². The van der Waals surface area contributed by atoms with Crippen molar-refractivity contribution in [2.75, 3.05) is 5.32 Å². The van der Waals surface area contributed by atoms with Crippen LogP contribution in [0.15, 0.2) is 24.3 Å². The molecular weight excluding hydrogens is 252 g/mol. The molecule has 1 fully saturated rings. The van der Waals surface area contributed by atoms with Crippen LogP contribution in [-0.4, -0.2) is 17.7 Å². The number of nitrogens with two attached hydrogens (primary N) is 1. The van der Waals surface area contributed by atoms with Gasteiger partial charge in [0.25, 0.3) is 0 Å². The lowest BCUT2D eigenvalue weighted by Gasteiger charge is -2.27. The van der Waals surface area contributed by atoms with Crippen molar-refractivity contribution in [3.05, 3.63) is 29.8 Å². The summed E-state index contributed by atoms with van der Waals surface area (Å²) in [6.07, 6.45) is 4.83. The van der Waals surface area contributed by atoms with Gasteiger partial charge in [0, 0.05) is 23.7 Å². The molecule has 2 unspecified atom stereocenters. The zero-order valence-electron chi connectivity index (χ0n) is 11.9. The van der Waals surface area contributed by atoms with E-state index < -0.39 is 0 Å². The number of carbonyl (C=O) groups excluding carboxylic acids is 2. The molecule has 3 N–H and O–H groups in total. The number of anilines is 1. The molecule has 0 saturated heterocycles. The van der Waals surface area contributed by atoms with E-state index in [4.69, 9.17) is 5.73 Å². The number of hydrogen-bond donors (Lipinski definition) is 2. The van der Waals surface area contributed by atoms with E-state index in [1.54, 1.807) is 24.3 Å². The van der Waals surface area contributed by atoms with Gasteiger partial charge in [0.15, 0.2) is 5.78 Å². The quantitative estimate of drug-likeness (QED) is 0.829. The second-order valence-electron chi connectivity index (χ2n) is 5.60. The fourth-order valence-electron chi connectivity index (χ4n) is 2.76. The number of nitrogens with one attached hydrogen (secondary N) is 1. The third kappa shape index (κ3) is 3.90. The molecule has 108 valence electrons. The highest BCUT2D eigenvalue weighted by Crippen LogP contribution is 2.26. The van der Waals surface area contributed by atoms with Crippen molar-refractivity contribution in [2.24, 2.45) is 11.7 Å². The second kappa shape index (κ2) is 6.66. The van der Waals surface area contributed by atoms with Crippen LogP contribution in [0.5, 0.6) is 0 Å². The maximum atomic E-state index is 12.1. The van der Waals surface area contributed by atoms with Gasteiger partial charge in [-0.1, -0.05) is 25.0 Å². The van der Waals surface area contributed by atoms with E-state index in [2.05, 4.69) is 5.32 Å². The predicted octanol–water partition coefficient (Wildman–Crippen LogP) is 2.74. The maximum absolute atomic E-state index is 12.1. The predicted molar refractivity (Wildman–Crippen MR) is 79.6 cm³/mol. The molecule has 1 amide bonds. The Balaban J connectivity index is 1.94. The summed E-state index contributed by atoms with van der Waals surface area (Å²) in [4.78, 5) is 23.4. The van der Waals surface area contributed by atoms with Gasteiger partial charge in [0.05, 0.1) is 0 Å². The molecule has 1 saturated carbocycles. The zero-order valence-corrected chi connectivity index (χ0v) is 11.9. The van der Waals surface area contributed by atoms with E-state index >= 15 is 0 Å².